The van der Waals surface area contributed by atoms with Crippen molar-refractivity contribution in [3.63, 3.8) is 0 Å². The number of ether oxygens (including phenoxy) is 7. The van der Waals surface area contributed by atoms with Crippen molar-refractivity contribution >= 4 is 17.7 Å². The van der Waals surface area contributed by atoms with Gasteiger partial charge in [-0.1, -0.05) is 44.5 Å². The number of benzene rings is 1. The minimum atomic E-state index is -1.83. The van der Waals surface area contributed by atoms with E-state index in [9.17, 15) is 34.7 Å². The third kappa shape index (κ3) is 14.8. The number of hydrogen-bond donors (Lipinski definition) is 5. The van der Waals surface area contributed by atoms with Crippen LogP contribution in [0, 0.1) is 17.8 Å². The van der Waals surface area contributed by atoms with Gasteiger partial charge in [0.2, 0.25) is 0 Å². The highest BCUT2D eigenvalue weighted by atomic mass is 32.2. The van der Waals surface area contributed by atoms with Gasteiger partial charge in [0, 0.05) is 69.2 Å². The largest absolute Gasteiger partial charge is 0.459 e. The smallest absolute Gasteiger partial charge is 0.311 e. The lowest BCUT2D eigenvalue weighted by molar-refractivity contribution is -0.301. The van der Waals surface area contributed by atoms with Crippen molar-refractivity contribution in [1.82, 2.24) is 24.8 Å². The number of halogens is 1. The number of hydrogen-bond acceptors (Lipinski definition) is 18. The second-order valence-corrected chi connectivity index (χ2v) is 23.4. The molecule has 5 N–H and O–H groups in total. The van der Waals surface area contributed by atoms with Gasteiger partial charge in [-0.25, -0.2) is 9.07 Å². The van der Waals surface area contributed by atoms with Crippen LogP contribution in [-0.2, 0) is 44.4 Å². The van der Waals surface area contributed by atoms with Crippen molar-refractivity contribution in [2.24, 2.45) is 17.8 Å². The number of carbonyl (C=O) groups is 1. The molecule has 20 heteroatoms. The molecule has 20 atom stereocenters. The highest BCUT2D eigenvalue weighted by Gasteiger charge is 2.52. The zero-order chi connectivity index (χ0) is 55.0. The Hall–Kier alpha value is -2.41. The Morgan fingerprint density at radius 1 is 1.00 bits per heavy atom. The molecule has 18 nitrogen and oxygen atoms in total. The van der Waals surface area contributed by atoms with E-state index in [0.29, 0.717) is 38.0 Å². The quantitative estimate of drug-likeness (QED) is 0.0962. The van der Waals surface area contributed by atoms with Gasteiger partial charge in [0.15, 0.2) is 6.29 Å². The average molecular weight is 1070 g/mol. The Morgan fingerprint density at radius 2 is 1.68 bits per heavy atom. The number of aliphatic hydroxyl groups excluding tert-OH is 3. The van der Waals surface area contributed by atoms with Gasteiger partial charge >= 0.3 is 5.97 Å². The van der Waals surface area contributed by atoms with E-state index in [0.717, 1.165) is 10.5 Å². The van der Waals surface area contributed by atoms with Gasteiger partial charge in [-0.05, 0) is 112 Å². The molecule has 3 fully saturated rings. The fraction of sp³-hybridized carbons (Fsp3) is 0.833. The number of carbonyl (C=O) groups excluding carboxylic acids is 1. The Kier molecular flexibility index (Phi) is 22.8. The molecule has 0 spiro atoms. The van der Waals surface area contributed by atoms with Crippen LogP contribution in [-0.4, -0.2) is 207 Å². The number of rotatable bonds is 18. The molecule has 1 aromatic heterocycles. The number of aliphatic hydroxyl groups is 5. The minimum absolute atomic E-state index is 0.0290. The van der Waals surface area contributed by atoms with E-state index in [1.807, 2.05) is 96.0 Å². The van der Waals surface area contributed by atoms with Crippen molar-refractivity contribution < 1.29 is 67.9 Å². The van der Waals surface area contributed by atoms with Crippen LogP contribution in [0.1, 0.15) is 125 Å². The molecule has 0 saturated carbocycles. The van der Waals surface area contributed by atoms with Crippen LogP contribution in [0.2, 0.25) is 0 Å². The summed E-state index contributed by atoms with van der Waals surface area (Å²) < 4.78 is 60.5. The third-order valence-corrected chi connectivity index (χ3v) is 17.1. The molecule has 2 aromatic rings. The van der Waals surface area contributed by atoms with Gasteiger partial charge in [-0.2, -0.15) is 0 Å². The molecule has 0 aliphatic carbocycles. The summed E-state index contributed by atoms with van der Waals surface area (Å²) in [6.45, 7) is 18.0. The van der Waals surface area contributed by atoms with Gasteiger partial charge in [-0.15, -0.1) is 16.9 Å². The van der Waals surface area contributed by atoms with Crippen molar-refractivity contribution in [2.75, 3.05) is 60.9 Å². The lowest BCUT2D eigenvalue weighted by Crippen LogP contribution is -2.60. The summed E-state index contributed by atoms with van der Waals surface area (Å²) in [7, 11) is 6.83. The first-order valence-corrected chi connectivity index (χ1v) is 27.9. The fourth-order valence-corrected chi connectivity index (χ4v) is 12.1. The number of thioether (sulfide) groups is 1. The number of cyclic esters (lactones) is 1. The molecular weight excluding hydrogens is 978 g/mol. The Labute approximate surface area is 444 Å². The first-order chi connectivity index (χ1) is 34.8. The molecule has 3 saturated heterocycles. The maximum Gasteiger partial charge on any atom is 0.311 e. The SMILES string of the molecule is CCC[C@H]1OC(=O)[C@H](C)[C@@H](OC[C@H]2C[C@@](C)(OC)[C@@H](O)[C@H](C)O2)[C@H](C)[C@@H](O[C@@H]2O[C@H](C)C[C@H](N(C)CCc3cn([C@H](CF)[C@H](OC)c4ccc(SC)cc4)nn3)[C@H]2O)[C@](C)(O)C[C@@H](C)CN(C)[C@H](C)[C@@H](O)[C@]1(C)O. The summed E-state index contributed by atoms with van der Waals surface area (Å²) in [6, 6.07) is 6.03. The maximum atomic E-state index is 14.7. The molecule has 74 heavy (non-hydrogen) atoms. The van der Waals surface area contributed by atoms with E-state index in [1.165, 1.54) is 18.7 Å². The van der Waals surface area contributed by atoms with Gasteiger partial charge in [0.1, 0.15) is 48.8 Å². The molecular formula is C54H92FN5O13S. The van der Waals surface area contributed by atoms with Crippen molar-refractivity contribution in [2.45, 2.75) is 215 Å². The van der Waals surface area contributed by atoms with E-state index < -0.39 is 121 Å². The molecule has 0 radical (unpaired) electrons. The second-order valence-electron chi connectivity index (χ2n) is 22.5. The van der Waals surface area contributed by atoms with E-state index in [4.69, 9.17) is 33.2 Å². The predicted molar refractivity (Wildman–Crippen MR) is 279 cm³/mol. The maximum absolute atomic E-state index is 14.7. The number of nitrogens with zero attached hydrogens (tertiary/aromatic N) is 5. The third-order valence-electron chi connectivity index (χ3n) is 16.4. The van der Waals surface area contributed by atoms with E-state index in [1.54, 1.807) is 45.8 Å². The van der Waals surface area contributed by atoms with Crippen LogP contribution in [0.4, 0.5) is 4.39 Å². The second kappa shape index (κ2) is 27.0. The number of aromatic nitrogens is 3. The summed E-state index contributed by atoms with van der Waals surface area (Å²) in [4.78, 5) is 19.6. The van der Waals surface area contributed by atoms with Crippen molar-refractivity contribution in [1.29, 1.82) is 0 Å². The van der Waals surface area contributed by atoms with Gasteiger partial charge in [-0.3, -0.25) is 4.79 Å². The zero-order valence-corrected chi connectivity index (χ0v) is 47.6. The number of methoxy groups -OCH3 is 2. The molecule has 0 amide bonds. The van der Waals surface area contributed by atoms with Crippen LogP contribution >= 0.6 is 11.8 Å². The molecule has 0 unspecified atom stereocenters. The predicted octanol–water partition coefficient (Wildman–Crippen LogP) is 5.16. The van der Waals surface area contributed by atoms with Gasteiger partial charge < -0.3 is 68.5 Å². The fourth-order valence-electron chi connectivity index (χ4n) is 11.7. The van der Waals surface area contributed by atoms with E-state index >= 15 is 0 Å². The monoisotopic (exact) mass is 1070 g/mol. The summed E-state index contributed by atoms with van der Waals surface area (Å²) in [5.74, 6) is -2.70. The molecule has 1 aromatic carbocycles. The van der Waals surface area contributed by atoms with Gasteiger partial charge in [0.05, 0.1) is 59.9 Å². The molecule has 424 valence electrons. The summed E-state index contributed by atoms with van der Waals surface area (Å²) in [5, 5.41) is 68.7. The van der Waals surface area contributed by atoms with Crippen molar-refractivity contribution in [3.05, 3.63) is 41.7 Å². The number of esters is 1. The summed E-state index contributed by atoms with van der Waals surface area (Å²) in [5.41, 5.74) is -2.95. The molecule has 0 bridgehead atoms. The van der Waals surface area contributed by atoms with Crippen molar-refractivity contribution in [3.8, 4) is 0 Å². The van der Waals surface area contributed by atoms with Gasteiger partial charge in [0.25, 0.3) is 0 Å². The Morgan fingerprint density at radius 3 is 2.28 bits per heavy atom. The highest BCUT2D eigenvalue weighted by Crippen LogP contribution is 2.40. The van der Waals surface area contributed by atoms with Crippen LogP contribution in [0.25, 0.3) is 0 Å². The first-order valence-electron chi connectivity index (χ1n) is 26.6. The highest BCUT2D eigenvalue weighted by molar-refractivity contribution is 7.98. The molecule has 4 heterocycles. The molecule has 3 aliphatic rings. The molecule has 3 aliphatic heterocycles. The van der Waals surface area contributed by atoms with E-state index in [-0.39, 0.29) is 37.9 Å². The Bertz CT molecular complexity index is 2020. The minimum Gasteiger partial charge on any atom is -0.459 e. The summed E-state index contributed by atoms with van der Waals surface area (Å²) >= 11 is 1.62. The molecule has 5 rings (SSSR count). The summed E-state index contributed by atoms with van der Waals surface area (Å²) in [6.07, 6.45) is -4.11. The normalized spacial score (nSPS) is 39.3. The first kappa shape index (κ1) is 62.4. The van der Waals surface area contributed by atoms with Crippen LogP contribution in [0.5, 0.6) is 0 Å². The average Bonchev–Trinajstić information content (AvgIpc) is 3.83. The van der Waals surface area contributed by atoms with Crippen LogP contribution < -0.4 is 0 Å². The van der Waals surface area contributed by atoms with E-state index in [2.05, 4.69) is 10.3 Å². The zero-order valence-electron chi connectivity index (χ0n) is 46.8. The topological polar surface area (TPSA) is 220 Å². The Balaban J connectivity index is 1.44. The van der Waals surface area contributed by atoms with Crippen LogP contribution in [0.15, 0.2) is 35.4 Å². The van der Waals surface area contributed by atoms with Crippen LogP contribution in [0.3, 0.4) is 0 Å². The standard InChI is InChI=1S/C54H92FN5O13S/c1-16-17-43-54(10,66)47(62)35(6)59(12)28-31(2)25-52(8,65)49(33(4)45(34(5)50(64)72-43)69-30-39-26-53(9,68-14)48(63)36(7)71-39)73-51-44(61)41(24-32(3)70-51)58(11)23-22-38-29-60(57-56-38)42(27-55)46(67-13)37-18-20-40(74-15)21-19-37/h18-21,29,31-36,39,41-49,51,61-63,65-66H,16-17,22-28,30H2,1-15H3/t31-,32-,33+,34-,35-,36+,39-,41+,42-,43-,44-,45+,46-,47-,48+,49-,51+,52-,53-,54-/m1/s1. The lowest BCUT2D eigenvalue weighted by atomic mass is 9.77. The lowest BCUT2D eigenvalue weighted by Gasteiger charge is -2.48. The number of likely N-dealkylation sites (N-methyl/N-ethyl adjacent to an activating group) is 2. The number of alkyl halides is 1.